The number of anilines is 2. The molecule has 1 aliphatic heterocycles. The Hall–Kier alpha value is -4.13. The van der Waals surface area contributed by atoms with Gasteiger partial charge in [0, 0.05) is 43.5 Å². The fraction of sp³-hybridized carbons (Fsp3) is 0.459. The van der Waals surface area contributed by atoms with E-state index in [4.69, 9.17) is 9.47 Å². The number of benzene rings is 3. The Morgan fingerprint density at radius 1 is 1.02 bits per heavy atom. The highest BCUT2D eigenvalue weighted by Crippen LogP contribution is 2.31. The number of likely N-dealkylation sites (N-methyl/N-ethyl adjacent to an activating group) is 1. The van der Waals surface area contributed by atoms with E-state index in [1.54, 1.807) is 24.0 Å². The predicted molar refractivity (Wildman–Crippen MR) is 184 cm³/mol. The number of aliphatic hydroxyl groups is 1. The second-order valence-electron chi connectivity index (χ2n) is 12.8. The van der Waals surface area contributed by atoms with Gasteiger partial charge in [0.2, 0.25) is 0 Å². The minimum absolute atomic E-state index is 0.0989. The Kier molecular flexibility index (Phi) is 13.5. The third kappa shape index (κ3) is 11.2. The summed E-state index contributed by atoms with van der Waals surface area (Å²) in [6.07, 6.45) is -2.45. The standard InChI is InChI=1S/C37H47F3N4O5/c1-25-21-44(26(2)24-45)35(46)32-20-31(42-36(47)41-30-15-13-29(14-16-30)37(38,39)40)17-18-33(32)49-27(3)10-8-9-19-48-34(25)23-43(4)22-28-11-6-5-7-12-28/h5-7,11-18,20,25-27,34,45H,8-10,19,21-24H2,1-4H3,(H2,41,42,47)/t25-,26+,27+,34-/m1/s1. The molecule has 0 radical (unpaired) electrons. The average molecular weight is 685 g/mol. The maximum Gasteiger partial charge on any atom is 0.416 e. The van der Waals surface area contributed by atoms with Crippen LogP contribution in [0.2, 0.25) is 0 Å². The van der Waals surface area contributed by atoms with Gasteiger partial charge in [-0.1, -0.05) is 37.3 Å². The van der Waals surface area contributed by atoms with Gasteiger partial charge in [0.15, 0.2) is 0 Å². The first-order chi connectivity index (χ1) is 23.3. The van der Waals surface area contributed by atoms with Crippen molar-refractivity contribution < 1.29 is 37.3 Å². The van der Waals surface area contributed by atoms with Crippen LogP contribution in [0.25, 0.3) is 0 Å². The highest BCUT2D eigenvalue weighted by Gasteiger charge is 2.31. The van der Waals surface area contributed by atoms with E-state index in [9.17, 15) is 27.9 Å². The molecular formula is C37H47F3N4O5. The molecule has 49 heavy (non-hydrogen) atoms. The summed E-state index contributed by atoms with van der Waals surface area (Å²) in [4.78, 5) is 31.0. The van der Waals surface area contributed by atoms with Crippen LogP contribution in [0, 0.1) is 5.92 Å². The molecule has 4 atom stereocenters. The molecule has 3 aromatic rings. The largest absolute Gasteiger partial charge is 0.490 e. The van der Waals surface area contributed by atoms with E-state index >= 15 is 0 Å². The third-order valence-corrected chi connectivity index (χ3v) is 8.57. The van der Waals surface area contributed by atoms with E-state index in [1.807, 2.05) is 39.1 Å². The van der Waals surface area contributed by atoms with Gasteiger partial charge in [-0.05, 0) is 88.2 Å². The van der Waals surface area contributed by atoms with Crippen molar-refractivity contribution in [1.29, 1.82) is 0 Å². The number of aliphatic hydroxyl groups excluding tert-OH is 1. The zero-order valence-corrected chi connectivity index (χ0v) is 28.5. The highest BCUT2D eigenvalue weighted by atomic mass is 19.4. The summed E-state index contributed by atoms with van der Waals surface area (Å²) in [5.41, 5.74) is 1.02. The Bertz CT molecular complexity index is 1510. The van der Waals surface area contributed by atoms with Crippen molar-refractivity contribution in [1.82, 2.24) is 9.80 Å². The molecule has 1 aliphatic rings. The van der Waals surface area contributed by atoms with Crippen LogP contribution in [-0.4, -0.2) is 78.4 Å². The van der Waals surface area contributed by atoms with Gasteiger partial charge in [-0.15, -0.1) is 0 Å². The maximum absolute atomic E-state index is 14.3. The number of hydrogen-bond acceptors (Lipinski definition) is 6. The number of urea groups is 1. The molecule has 266 valence electrons. The molecule has 3 N–H and O–H groups in total. The first kappa shape index (κ1) is 37.7. The number of ether oxygens (including phenoxy) is 2. The lowest BCUT2D eigenvalue weighted by Gasteiger charge is -2.36. The quantitative estimate of drug-likeness (QED) is 0.231. The molecule has 0 fully saturated rings. The van der Waals surface area contributed by atoms with Crippen LogP contribution in [-0.2, 0) is 17.5 Å². The van der Waals surface area contributed by atoms with Crippen molar-refractivity contribution in [2.24, 2.45) is 5.92 Å². The molecule has 0 unspecified atom stereocenters. The molecule has 4 rings (SSSR count). The number of amides is 3. The van der Waals surface area contributed by atoms with Gasteiger partial charge in [0.1, 0.15) is 5.75 Å². The number of carbonyl (C=O) groups is 2. The van der Waals surface area contributed by atoms with Gasteiger partial charge >= 0.3 is 12.2 Å². The molecule has 12 heteroatoms. The summed E-state index contributed by atoms with van der Waals surface area (Å²) in [5.74, 6) is -0.129. The third-order valence-electron chi connectivity index (χ3n) is 8.57. The number of hydrogen-bond donors (Lipinski definition) is 3. The average Bonchev–Trinajstić information content (AvgIpc) is 3.06. The number of nitrogens with zero attached hydrogens (tertiary/aromatic N) is 2. The molecule has 0 saturated heterocycles. The number of carbonyl (C=O) groups excluding carboxylic acids is 2. The van der Waals surface area contributed by atoms with E-state index in [-0.39, 0.29) is 47.6 Å². The maximum atomic E-state index is 14.3. The van der Waals surface area contributed by atoms with E-state index in [0.29, 0.717) is 25.4 Å². The predicted octanol–water partition coefficient (Wildman–Crippen LogP) is 7.28. The normalized spacial score (nSPS) is 20.1. The SMILES string of the molecule is C[C@@H]1CN([C@@H](C)CO)C(=O)c2cc(NC(=O)Nc3ccc(C(F)(F)F)cc3)ccc2O[C@@H](C)CCCCO[C@@H]1CN(C)Cc1ccccc1. The van der Waals surface area contributed by atoms with Gasteiger partial charge in [0.05, 0.1) is 36.0 Å². The summed E-state index contributed by atoms with van der Waals surface area (Å²) >= 11 is 0. The monoisotopic (exact) mass is 684 g/mol. The van der Waals surface area contributed by atoms with Crippen LogP contribution in [0.1, 0.15) is 61.5 Å². The number of alkyl halides is 3. The zero-order valence-electron chi connectivity index (χ0n) is 28.5. The van der Waals surface area contributed by atoms with E-state index in [1.165, 1.54) is 11.6 Å². The van der Waals surface area contributed by atoms with Gasteiger partial charge in [-0.2, -0.15) is 13.2 Å². The second kappa shape index (κ2) is 17.5. The van der Waals surface area contributed by atoms with Gasteiger partial charge in [0.25, 0.3) is 5.91 Å². The van der Waals surface area contributed by atoms with E-state index in [0.717, 1.165) is 50.1 Å². The number of halogens is 3. The lowest BCUT2D eigenvalue weighted by molar-refractivity contribution is -0.137. The Morgan fingerprint density at radius 2 is 1.69 bits per heavy atom. The molecule has 9 nitrogen and oxygen atoms in total. The molecular weight excluding hydrogens is 637 g/mol. The van der Waals surface area contributed by atoms with Crippen molar-refractivity contribution >= 4 is 23.3 Å². The lowest BCUT2D eigenvalue weighted by Crippen LogP contribution is -2.47. The summed E-state index contributed by atoms with van der Waals surface area (Å²) in [7, 11) is 2.05. The van der Waals surface area contributed by atoms with Crippen molar-refractivity contribution in [2.45, 2.75) is 71.0 Å². The van der Waals surface area contributed by atoms with E-state index < -0.39 is 23.8 Å². The van der Waals surface area contributed by atoms with Crippen molar-refractivity contribution in [3.05, 3.63) is 89.5 Å². The Labute approximate surface area is 286 Å². The molecule has 1 heterocycles. The smallest absolute Gasteiger partial charge is 0.416 e. The van der Waals surface area contributed by atoms with Crippen LogP contribution < -0.4 is 15.4 Å². The second-order valence-corrected chi connectivity index (χ2v) is 12.8. The fourth-order valence-corrected chi connectivity index (χ4v) is 5.77. The van der Waals surface area contributed by atoms with E-state index in [2.05, 4.69) is 27.7 Å². The highest BCUT2D eigenvalue weighted by molar-refractivity contribution is 6.02. The number of fused-ring (bicyclic) bond motifs is 1. The summed E-state index contributed by atoms with van der Waals surface area (Å²) < 4.78 is 51.5. The zero-order chi connectivity index (χ0) is 35.6. The molecule has 0 aliphatic carbocycles. The molecule has 0 aromatic heterocycles. The Morgan fingerprint density at radius 3 is 2.37 bits per heavy atom. The summed E-state index contributed by atoms with van der Waals surface area (Å²) in [6, 6.07) is 17.8. The minimum Gasteiger partial charge on any atom is -0.490 e. The van der Waals surface area contributed by atoms with Crippen LogP contribution in [0.3, 0.4) is 0 Å². The van der Waals surface area contributed by atoms with Crippen molar-refractivity contribution in [3.8, 4) is 5.75 Å². The van der Waals surface area contributed by atoms with Gasteiger partial charge in [-0.25, -0.2) is 4.79 Å². The minimum atomic E-state index is -4.49. The summed E-state index contributed by atoms with van der Waals surface area (Å²) in [6.45, 7) is 7.74. The van der Waals surface area contributed by atoms with Crippen LogP contribution in [0.5, 0.6) is 5.75 Å². The molecule has 0 spiro atoms. The van der Waals surface area contributed by atoms with Crippen molar-refractivity contribution in [3.63, 3.8) is 0 Å². The number of nitrogens with one attached hydrogen (secondary N) is 2. The van der Waals surface area contributed by atoms with Crippen LogP contribution in [0.4, 0.5) is 29.3 Å². The van der Waals surface area contributed by atoms with Crippen molar-refractivity contribution in [2.75, 3.05) is 44.0 Å². The number of rotatable bonds is 8. The van der Waals surface area contributed by atoms with Gasteiger partial charge in [-0.3, -0.25) is 9.69 Å². The van der Waals surface area contributed by atoms with Crippen LogP contribution in [0.15, 0.2) is 72.8 Å². The fourth-order valence-electron chi connectivity index (χ4n) is 5.77. The first-order valence-electron chi connectivity index (χ1n) is 16.7. The topological polar surface area (TPSA) is 103 Å². The Balaban J connectivity index is 1.57. The van der Waals surface area contributed by atoms with Crippen LogP contribution >= 0.6 is 0 Å². The molecule has 3 amide bonds. The van der Waals surface area contributed by atoms with Gasteiger partial charge < -0.3 is 30.1 Å². The molecule has 0 bridgehead atoms. The molecule has 3 aromatic carbocycles. The summed E-state index contributed by atoms with van der Waals surface area (Å²) in [5, 5.41) is 15.4. The lowest BCUT2D eigenvalue weighted by atomic mass is 10.0. The first-order valence-corrected chi connectivity index (χ1v) is 16.7. The molecule has 0 saturated carbocycles.